The van der Waals surface area contributed by atoms with Gasteiger partial charge in [0, 0.05) is 37.8 Å². The Bertz CT molecular complexity index is 962. The van der Waals surface area contributed by atoms with Crippen molar-refractivity contribution in [2.24, 2.45) is 11.8 Å². The number of rotatable bonds is 15. The van der Waals surface area contributed by atoms with Gasteiger partial charge in [-0.1, -0.05) is 57.2 Å². The van der Waals surface area contributed by atoms with Crippen molar-refractivity contribution in [2.45, 2.75) is 65.5 Å². The number of hydrogen-bond acceptors (Lipinski definition) is 5. The average molecular weight is 524 g/mol. The SMILES string of the molecule is C=CCN(C(=O)OCc1ccc([N+](=O)[O-])cc1)C1CCN(CCC(CC(C)CC)/C(C=C)=C/C=C\C)CC1. The normalized spacial score (nSPS) is 16.7. The number of carbonyl (C=O) groups excluding carboxylic acids is 1. The van der Waals surface area contributed by atoms with Crippen LogP contribution in [0.5, 0.6) is 0 Å². The highest BCUT2D eigenvalue weighted by atomic mass is 16.6. The van der Waals surface area contributed by atoms with E-state index in [0.29, 0.717) is 23.9 Å². The molecule has 1 amide bonds. The van der Waals surface area contributed by atoms with Crippen LogP contribution in [0.1, 0.15) is 58.4 Å². The average Bonchev–Trinajstić information content (AvgIpc) is 2.93. The maximum absolute atomic E-state index is 12.9. The van der Waals surface area contributed by atoms with Crippen LogP contribution in [0, 0.1) is 22.0 Å². The monoisotopic (exact) mass is 523 g/mol. The van der Waals surface area contributed by atoms with Crippen LogP contribution in [0.2, 0.25) is 0 Å². The van der Waals surface area contributed by atoms with Crippen molar-refractivity contribution in [1.82, 2.24) is 9.80 Å². The predicted molar refractivity (Wildman–Crippen MR) is 155 cm³/mol. The number of benzene rings is 1. The van der Waals surface area contributed by atoms with E-state index in [1.807, 2.05) is 13.0 Å². The Labute approximate surface area is 228 Å². The number of non-ortho nitro benzene ring substituents is 1. The van der Waals surface area contributed by atoms with Gasteiger partial charge in [0.05, 0.1) is 4.92 Å². The topological polar surface area (TPSA) is 75.9 Å². The van der Waals surface area contributed by atoms with Crippen molar-refractivity contribution in [3.8, 4) is 0 Å². The highest BCUT2D eigenvalue weighted by Gasteiger charge is 2.28. The van der Waals surface area contributed by atoms with Gasteiger partial charge >= 0.3 is 6.09 Å². The fourth-order valence-electron chi connectivity index (χ4n) is 4.90. The Balaban J connectivity index is 1.91. The number of hydrogen-bond donors (Lipinski definition) is 0. The molecule has 1 aromatic carbocycles. The van der Waals surface area contributed by atoms with Crippen LogP contribution < -0.4 is 0 Å². The predicted octanol–water partition coefficient (Wildman–Crippen LogP) is 7.31. The zero-order valence-corrected chi connectivity index (χ0v) is 23.4. The molecule has 2 unspecified atom stereocenters. The zero-order valence-electron chi connectivity index (χ0n) is 23.4. The minimum atomic E-state index is -0.446. The van der Waals surface area contributed by atoms with E-state index < -0.39 is 4.92 Å². The van der Waals surface area contributed by atoms with Gasteiger partial charge in [0.1, 0.15) is 6.61 Å². The summed E-state index contributed by atoms with van der Waals surface area (Å²) in [6.45, 7) is 17.9. The molecule has 7 nitrogen and oxygen atoms in total. The van der Waals surface area contributed by atoms with Crippen LogP contribution >= 0.6 is 0 Å². The largest absolute Gasteiger partial charge is 0.445 e. The molecule has 2 rings (SSSR count). The third-order valence-electron chi connectivity index (χ3n) is 7.43. The van der Waals surface area contributed by atoms with Gasteiger partial charge in [-0.05, 0) is 74.3 Å². The van der Waals surface area contributed by atoms with Crippen LogP contribution in [0.4, 0.5) is 10.5 Å². The van der Waals surface area contributed by atoms with Crippen LogP contribution in [-0.4, -0.2) is 53.0 Å². The summed E-state index contributed by atoms with van der Waals surface area (Å²) in [7, 11) is 0. The van der Waals surface area contributed by atoms with Gasteiger partial charge in [0.2, 0.25) is 0 Å². The molecular formula is C31H45N3O4. The Hall–Kier alpha value is -3.19. The third-order valence-corrected chi connectivity index (χ3v) is 7.43. The van der Waals surface area contributed by atoms with Gasteiger partial charge in [-0.2, -0.15) is 0 Å². The summed E-state index contributed by atoms with van der Waals surface area (Å²) in [6.07, 6.45) is 14.9. The maximum Gasteiger partial charge on any atom is 0.410 e. The minimum Gasteiger partial charge on any atom is -0.445 e. The minimum absolute atomic E-state index is 0.0147. The van der Waals surface area contributed by atoms with E-state index in [9.17, 15) is 14.9 Å². The van der Waals surface area contributed by atoms with Crippen molar-refractivity contribution in [3.63, 3.8) is 0 Å². The standard InChI is InChI=1S/C31H45N3O4/c1-6-10-11-27(9-4)28(23-25(5)8-3)16-20-32-21-17-29(18-22-32)33(19-7-2)31(35)38-24-26-12-14-30(15-13-26)34(36)37/h6-7,9-15,25,28-29H,2,4,8,16-24H2,1,3,5H3/b10-6-,27-11+. The first-order valence-corrected chi connectivity index (χ1v) is 13.8. The van der Waals surface area contributed by atoms with Gasteiger partial charge in [-0.25, -0.2) is 4.79 Å². The maximum atomic E-state index is 12.9. The molecule has 1 saturated heterocycles. The molecule has 1 heterocycles. The van der Waals surface area contributed by atoms with Crippen LogP contribution in [0.25, 0.3) is 0 Å². The Morgan fingerprint density at radius 2 is 1.95 bits per heavy atom. The molecule has 2 atom stereocenters. The molecule has 1 aromatic rings. The molecule has 0 bridgehead atoms. The summed E-state index contributed by atoms with van der Waals surface area (Å²) in [6, 6.07) is 6.16. The quantitative estimate of drug-likeness (QED) is 0.104. The van der Waals surface area contributed by atoms with Crippen LogP contribution in [0.15, 0.2) is 73.4 Å². The molecule has 0 N–H and O–H groups in total. The molecule has 38 heavy (non-hydrogen) atoms. The van der Waals surface area contributed by atoms with Crippen molar-refractivity contribution in [3.05, 3.63) is 89.1 Å². The van der Waals surface area contributed by atoms with Crippen molar-refractivity contribution >= 4 is 11.8 Å². The van der Waals surface area contributed by atoms with Gasteiger partial charge in [-0.15, -0.1) is 6.58 Å². The number of ether oxygens (including phenoxy) is 1. The Kier molecular flexibility index (Phi) is 13.6. The highest BCUT2D eigenvalue weighted by molar-refractivity contribution is 5.68. The first-order chi connectivity index (χ1) is 18.3. The van der Waals surface area contributed by atoms with Crippen LogP contribution in [-0.2, 0) is 11.3 Å². The van der Waals surface area contributed by atoms with Crippen molar-refractivity contribution in [1.29, 1.82) is 0 Å². The number of carbonyl (C=O) groups is 1. The molecule has 0 radical (unpaired) electrons. The summed E-state index contributed by atoms with van der Waals surface area (Å²) in [5, 5.41) is 10.8. The van der Waals surface area contributed by atoms with Gasteiger partial charge in [-0.3, -0.25) is 10.1 Å². The first kappa shape index (κ1) is 31.0. The highest BCUT2D eigenvalue weighted by Crippen LogP contribution is 2.28. The van der Waals surface area contributed by atoms with Crippen molar-refractivity contribution < 1.29 is 14.5 Å². The summed E-state index contributed by atoms with van der Waals surface area (Å²) < 4.78 is 5.56. The number of nitro benzene ring substituents is 1. The lowest BCUT2D eigenvalue weighted by Crippen LogP contribution is -2.48. The fraction of sp³-hybridized carbons (Fsp3) is 0.516. The molecule has 0 saturated carbocycles. The summed E-state index contributed by atoms with van der Waals surface area (Å²) in [4.78, 5) is 27.6. The lowest BCUT2D eigenvalue weighted by Gasteiger charge is -2.38. The number of amides is 1. The Morgan fingerprint density at radius 1 is 1.26 bits per heavy atom. The van der Waals surface area contributed by atoms with Gasteiger partial charge in [0.25, 0.3) is 5.69 Å². The van der Waals surface area contributed by atoms with E-state index in [0.717, 1.165) is 45.3 Å². The first-order valence-electron chi connectivity index (χ1n) is 13.8. The van der Waals surface area contributed by atoms with Gasteiger partial charge < -0.3 is 14.5 Å². The van der Waals surface area contributed by atoms with E-state index in [1.54, 1.807) is 23.1 Å². The molecule has 7 heteroatoms. The lowest BCUT2D eigenvalue weighted by atomic mass is 9.85. The smallest absolute Gasteiger partial charge is 0.410 e. The zero-order chi connectivity index (χ0) is 27.9. The second kappa shape index (κ2) is 16.6. The lowest BCUT2D eigenvalue weighted by molar-refractivity contribution is -0.384. The number of nitro groups is 1. The molecule has 0 aromatic heterocycles. The van der Waals surface area contributed by atoms with E-state index in [2.05, 4.69) is 50.1 Å². The molecule has 0 aliphatic carbocycles. The molecular weight excluding hydrogens is 478 g/mol. The molecule has 1 fully saturated rings. The fourth-order valence-corrected chi connectivity index (χ4v) is 4.90. The summed E-state index contributed by atoms with van der Waals surface area (Å²) >= 11 is 0. The molecule has 208 valence electrons. The second-order valence-corrected chi connectivity index (χ2v) is 10.1. The van der Waals surface area contributed by atoms with Gasteiger partial charge in [0.15, 0.2) is 0 Å². The van der Waals surface area contributed by atoms with Crippen molar-refractivity contribution in [2.75, 3.05) is 26.2 Å². The second-order valence-electron chi connectivity index (χ2n) is 10.1. The van der Waals surface area contributed by atoms with E-state index in [4.69, 9.17) is 4.74 Å². The number of nitrogens with zero attached hydrogens (tertiary/aromatic N) is 3. The molecule has 0 spiro atoms. The molecule has 1 aliphatic heterocycles. The number of allylic oxidation sites excluding steroid dienone is 5. The molecule has 1 aliphatic rings. The van der Waals surface area contributed by atoms with Crippen LogP contribution in [0.3, 0.4) is 0 Å². The number of piperidine rings is 1. The summed E-state index contributed by atoms with van der Waals surface area (Å²) in [5.74, 6) is 1.16. The Morgan fingerprint density at radius 3 is 2.50 bits per heavy atom. The summed E-state index contributed by atoms with van der Waals surface area (Å²) in [5.41, 5.74) is 2.04. The van der Waals surface area contributed by atoms with E-state index >= 15 is 0 Å². The van der Waals surface area contributed by atoms with E-state index in [-0.39, 0.29) is 24.4 Å². The third kappa shape index (κ3) is 9.93. The van der Waals surface area contributed by atoms with E-state index in [1.165, 1.54) is 24.1 Å². The number of likely N-dealkylation sites (tertiary alicyclic amines) is 1.